The van der Waals surface area contributed by atoms with Crippen LogP contribution in [0.15, 0.2) is 72.8 Å². The van der Waals surface area contributed by atoms with Gasteiger partial charge < -0.3 is 10.6 Å². The summed E-state index contributed by atoms with van der Waals surface area (Å²) in [5.41, 5.74) is 5.36. The first-order chi connectivity index (χ1) is 13.6. The molecular weight excluding hydrogens is 348 g/mol. The second-order valence-electron chi connectivity index (χ2n) is 7.25. The Kier molecular flexibility index (Phi) is 4.94. The molecule has 0 radical (unpaired) electrons. The standard InChI is InChI=1S/C24H22N2O2/c1-16-6-4-9-19(12-16)23(27)25-21-11-5-10-20(15-21)24(28)26-22-13-17-7-2-3-8-18(17)14-22/h2-12,15,22H,13-14H2,1H3,(H,25,27)(H,26,28). The van der Waals surface area contributed by atoms with E-state index in [0.717, 1.165) is 18.4 Å². The van der Waals surface area contributed by atoms with Crippen molar-refractivity contribution in [2.45, 2.75) is 25.8 Å². The number of carbonyl (C=O) groups is 2. The molecular formula is C24H22N2O2. The third-order valence-corrected chi connectivity index (χ3v) is 5.05. The fourth-order valence-corrected chi connectivity index (χ4v) is 3.66. The molecule has 1 aliphatic rings. The molecule has 0 heterocycles. The molecule has 0 spiro atoms. The Bertz CT molecular complexity index is 1020. The van der Waals surface area contributed by atoms with Crippen molar-refractivity contribution >= 4 is 17.5 Å². The lowest BCUT2D eigenvalue weighted by molar-refractivity contribution is 0.0937. The number of rotatable bonds is 4. The van der Waals surface area contributed by atoms with Gasteiger partial charge in [-0.2, -0.15) is 0 Å². The molecule has 3 aromatic carbocycles. The van der Waals surface area contributed by atoms with Crippen LogP contribution in [0.1, 0.15) is 37.4 Å². The molecule has 2 N–H and O–H groups in total. The van der Waals surface area contributed by atoms with E-state index in [2.05, 4.69) is 22.8 Å². The summed E-state index contributed by atoms with van der Waals surface area (Å²) >= 11 is 0. The molecule has 3 aromatic rings. The highest BCUT2D eigenvalue weighted by molar-refractivity contribution is 6.05. The molecule has 0 atom stereocenters. The van der Waals surface area contributed by atoms with E-state index in [9.17, 15) is 9.59 Å². The van der Waals surface area contributed by atoms with Crippen LogP contribution in [0.25, 0.3) is 0 Å². The lowest BCUT2D eigenvalue weighted by Gasteiger charge is -2.13. The van der Waals surface area contributed by atoms with Crippen molar-refractivity contribution in [2.24, 2.45) is 0 Å². The first-order valence-electron chi connectivity index (χ1n) is 9.44. The average Bonchev–Trinajstić information content (AvgIpc) is 3.10. The number of hydrogen-bond donors (Lipinski definition) is 2. The van der Waals surface area contributed by atoms with E-state index in [4.69, 9.17) is 0 Å². The summed E-state index contributed by atoms with van der Waals surface area (Å²) in [6, 6.07) is 22.9. The zero-order chi connectivity index (χ0) is 19.5. The minimum atomic E-state index is -0.187. The number of benzene rings is 3. The zero-order valence-electron chi connectivity index (χ0n) is 15.7. The highest BCUT2D eigenvalue weighted by Crippen LogP contribution is 2.22. The summed E-state index contributed by atoms with van der Waals surface area (Å²) in [5.74, 6) is -0.308. The summed E-state index contributed by atoms with van der Waals surface area (Å²) in [6.45, 7) is 1.95. The fraction of sp³-hybridized carbons (Fsp3) is 0.167. The van der Waals surface area contributed by atoms with Gasteiger partial charge in [0, 0.05) is 22.9 Å². The molecule has 0 fully saturated rings. The van der Waals surface area contributed by atoms with Crippen LogP contribution in [0.5, 0.6) is 0 Å². The first kappa shape index (κ1) is 18.0. The Morgan fingerprint density at radius 3 is 2.11 bits per heavy atom. The van der Waals surface area contributed by atoms with E-state index < -0.39 is 0 Å². The number of nitrogens with one attached hydrogen (secondary N) is 2. The minimum Gasteiger partial charge on any atom is -0.349 e. The highest BCUT2D eigenvalue weighted by Gasteiger charge is 2.22. The van der Waals surface area contributed by atoms with Crippen LogP contribution < -0.4 is 10.6 Å². The first-order valence-corrected chi connectivity index (χ1v) is 9.44. The van der Waals surface area contributed by atoms with Crippen molar-refractivity contribution in [3.8, 4) is 0 Å². The Balaban J connectivity index is 1.42. The second kappa shape index (κ2) is 7.69. The van der Waals surface area contributed by atoms with Gasteiger partial charge in [0.25, 0.3) is 11.8 Å². The molecule has 140 valence electrons. The zero-order valence-corrected chi connectivity index (χ0v) is 15.7. The molecule has 28 heavy (non-hydrogen) atoms. The minimum absolute atomic E-state index is 0.107. The van der Waals surface area contributed by atoms with Gasteiger partial charge in [-0.15, -0.1) is 0 Å². The van der Waals surface area contributed by atoms with Gasteiger partial charge in [0.05, 0.1) is 0 Å². The number of anilines is 1. The van der Waals surface area contributed by atoms with Gasteiger partial charge in [-0.25, -0.2) is 0 Å². The molecule has 0 unspecified atom stereocenters. The lowest BCUT2D eigenvalue weighted by atomic mass is 10.1. The molecule has 0 bridgehead atoms. The van der Waals surface area contributed by atoms with Gasteiger partial charge in [-0.3, -0.25) is 9.59 Å². The van der Waals surface area contributed by atoms with Crippen LogP contribution in [0.2, 0.25) is 0 Å². The third-order valence-electron chi connectivity index (χ3n) is 5.05. The van der Waals surface area contributed by atoms with Crippen LogP contribution in [-0.2, 0) is 12.8 Å². The summed E-state index contributed by atoms with van der Waals surface area (Å²) in [4.78, 5) is 25.1. The summed E-state index contributed by atoms with van der Waals surface area (Å²) in [7, 11) is 0. The van der Waals surface area contributed by atoms with Crippen molar-refractivity contribution in [3.63, 3.8) is 0 Å². The van der Waals surface area contributed by atoms with Gasteiger partial charge in [0.2, 0.25) is 0 Å². The normalized spacial score (nSPS) is 13.0. The van der Waals surface area contributed by atoms with Crippen molar-refractivity contribution in [2.75, 3.05) is 5.32 Å². The average molecular weight is 370 g/mol. The van der Waals surface area contributed by atoms with E-state index in [1.807, 2.05) is 37.3 Å². The molecule has 0 aromatic heterocycles. The summed E-state index contributed by atoms with van der Waals surface area (Å²) in [6.07, 6.45) is 1.71. The quantitative estimate of drug-likeness (QED) is 0.725. The van der Waals surface area contributed by atoms with Gasteiger partial charge in [0.1, 0.15) is 0 Å². The maximum absolute atomic E-state index is 12.7. The topological polar surface area (TPSA) is 58.2 Å². The van der Waals surface area contributed by atoms with Crippen LogP contribution in [0, 0.1) is 6.92 Å². The molecule has 0 aliphatic heterocycles. The Labute approximate surface area is 164 Å². The lowest BCUT2D eigenvalue weighted by Crippen LogP contribution is -2.35. The van der Waals surface area contributed by atoms with Crippen LogP contribution >= 0.6 is 0 Å². The Morgan fingerprint density at radius 2 is 1.43 bits per heavy atom. The van der Waals surface area contributed by atoms with E-state index in [-0.39, 0.29) is 17.9 Å². The summed E-state index contributed by atoms with van der Waals surface area (Å²) in [5, 5.41) is 5.98. The van der Waals surface area contributed by atoms with Gasteiger partial charge in [-0.1, -0.05) is 48.0 Å². The molecule has 0 saturated heterocycles. The Hall–Kier alpha value is -3.40. The molecule has 1 aliphatic carbocycles. The van der Waals surface area contributed by atoms with Gasteiger partial charge >= 0.3 is 0 Å². The van der Waals surface area contributed by atoms with Gasteiger partial charge in [-0.05, 0) is 61.2 Å². The number of amides is 2. The van der Waals surface area contributed by atoms with Crippen molar-refractivity contribution in [1.82, 2.24) is 5.32 Å². The maximum Gasteiger partial charge on any atom is 0.255 e. The monoisotopic (exact) mass is 370 g/mol. The Morgan fingerprint density at radius 1 is 0.786 bits per heavy atom. The smallest absolute Gasteiger partial charge is 0.255 e. The number of hydrogen-bond acceptors (Lipinski definition) is 2. The number of carbonyl (C=O) groups excluding carboxylic acids is 2. The van der Waals surface area contributed by atoms with E-state index in [1.54, 1.807) is 30.3 Å². The number of fused-ring (bicyclic) bond motifs is 1. The third kappa shape index (κ3) is 3.96. The van der Waals surface area contributed by atoms with E-state index >= 15 is 0 Å². The van der Waals surface area contributed by atoms with E-state index in [0.29, 0.717) is 16.8 Å². The SMILES string of the molecule is Cc1cccc(C(=O)Nc2cccc(C(=O)NC3Cc4ccccc4C3)c2)c1. The van der Waals surface area contributed by atoms with Crippen LogP contribution in [0.3, 0.4) is 0 Å². The van der Waals surface area contributed by atoms with Crippen molar-refractivity contribution in [3.05, 3.63) is 101 Å². The van der Waals surface area contributed by atoms with Crippen LogP contribution in [0.4, 0.5) is 5.69 Å². The molecule has 4 rings (SSSR count). The van der Waals surface area contributed by atoms with E-state index in [1.165, 1.54) is 11.1 Å². The predicted molar refractivity (Wildman–Crippen MR) is 111 cm³/mol. The largest absolute Gasteiger partial charge is 0.349 e. The maximum atomic E-state index is 12.7. The fourth-order valence-electron chi connectivity index (χ4n) is 3.66. The van der Waals surface area contributed by atoms with Gasteiger partial charge in [0.15, 0.2) is 0 Å². The molecule has 4 nitrogen and oxygen atoms in total. The predicted octanol–water partition coefficient (Wildman–Crippen LogP) is 4.14. The van der Waals surface area contributed by atoms with Crippen LogP contribution in [-0.4, -0.2) is 17.9 Å². The summed E-state index contributed by atoms with van der Waals surface area (Å²) < 4.78 is 0. The molecule has 2 amide bonds. The number of aryl methyl sites for hydroxylation is 1. The second-order valence-corrected chi connectivity index (χ2v) is 7.25. The molecule has 0 saturated carbocycles. The molecule has 4 heteroatoms. The highest BCUT2D eigenvalue weighted by atomic mass is 16.2. The van der Waals surface area contributed by atoms with Crippen molar-refractivity contribution < 1.29 is 9.59 Å². The van der Waals surface area contributed by atoms with Crippen molar-refractivity contribution in [1.29, 1.82) is 0 Å².